The predicted octanol–water partition coefficient (Wildman–Crippen LogP) is 0.782. The van der Waals surface area contributed by atoms with Crippen LogP contribution in [0.5, 0.6) is 0 Å². The van der Waals surface area contributed by atoms with Crippen LogP contribution in [-0.2, 0) is 17.8 Å². The van der Waals surface area contributed by atoms with Crippen molar-refractivity contribution >= 4 is 0 Å². The molecular formula is C13H23N3O2. The number of hydrogen-bond acceptors (Lipinski definition) is 4. The van der Waals surface area contributed by atoms with Crippen LogP contribution < -0.4 is 5.32 Å². The van der Waals surface area contributed by atoms with E-state index in [4.69, 9.17) is 9.84 Å². The zero-order chi connectivity index (χ0) is 12.6. The summed E-state index contributed by atoms with van der Waals surface area (Å²) in [6.45, 7) is 4.30. The topological polar surface area (TPSA) is 59.3 Å². The predicted molar refractivity (Wildman–Crippen MR) is 69.2 cm³/mol. The van der Waals surface area contributed by atoms with E-state index in [2.05, 4.69) is 10.4 Å². The lowest BCUT2D eigenvalue weighted by atomic mass is 10.3. The molecule has 102 valence electrons. The normalized spacial score (nSPS) is 15.2. The smallest absolute Gasteiger partial charge is 0.0640 e. The fourth-order valence-corrected chi connectivity index (χ4v) is 1.79. The number of hydrogen-bond donors (Lipinski definition) is 2. The molecule has 0 unspecified atom stereocenters. The third-order valence-corrected chi connectivity index (χ3v) is 3.04. The molecule has 5 heteroatoms. The molecule has 2 N–H and O–H groups in total. The SMILES string of the molecule is OCCn1cc(CNCCCOCC2CC2)cn1. The molecule has 0 radical (unpaired) electrons. The summed E-state index contributed by atoms with van der Waals surface area (Å²) < 4.78 is 7.32. The van der Waals surface area contributed by atoms with Crippen molar-refractivity contribution < 1.29 is 9.84 Å². The molecule has 0 bridgehead atoms. The van der Waals surface area contributed by atoms with Gasteiger partial charge in [0.1, 0.15) is 0 Å². The van der Waals surface area contributed by atoms with Gasteiger partial charge in [0.15, 0.2) is 0 Å². The van der Waals surface area contributed by atoms with Gasteiger partial charge in [-0.3, -0.25) is 4.68 Å². The highest BCUT2D eigenvalue weighted by Gasteiger charge is 2.20. The van der Waals surface area contributed by atoms with Gasteiger partial charge in [-0.05, 0) is 31.7 Å². The number of rotatable bonds is 10. The first-order valence-corrected chi connectivity index (χ1v) is 6.79. The van der Waals surface area contributed by atoms with E-state index in [-0.39, 0.29) is 6.61 Å². The van der Waals surface area contributed by atoms with Crippen molar-refractivity contribution in [1.29, 1.82) is 0 Å². The van der Waals surface area contributed by atoms with Gasteiger partial charge in [0.05, 0.1) is 19.3 Å². The monoisotopic (exact) mass is 253 g/mol. The first kappa shape index (κ1) is 13.5. The molecule has 0 atom stereocenters. The number of aromatic nitrogens is 2. The van der Waals surface area contributed by atoms with Crippen LogP contribution in [0, 0.1) is 5.92 Å². The van der Waals surface area contributed by atoms with E-state index in [1.807, 2.05) is 12.4 Å². The second kappa shape index (κ2) is 7.51. The molecule has 1 heterocycles. The fraction of sp³-hybridized carbons (Fsp3) is 0.769. The highest BCUT2D eigenvalue weighted by molar-refractivity contribution is 5.03. The van der Waals surface area contributed by atoms with Crippen LogP contribution in [0.25, 0.3) is 0 Å². The van der Waals surface area contributed by atoms with Crippen LogP contribution in [-0.4, -0.2) is 41.3 Å². The summed E-state index contributed by atoms with van der Waals surface area (Å²) in [5.41, 5.74) is 1.15. The highest BCUT2D eigenvalue weighted by Crippen LogP contribution is 2.28. The molecule has 0 spiro atoms. The van der Waals surface area contributed by atoms with Crippen molar-refractivity contribution in [3.05, 3.63) is 18.0 Å². The molecule has 0 amide bonds. The summed E-state index contributed by atoms with van der Waals surface area (Å²) in [7, 11) is 0. The van der Waals surface area contributed by atoms with Gasteiger partial charge in [0, 0.05) is 31.5 Å². The molecule has 1 aliphatic carbocycles. The van der Waals surface area contributed by atoms with Crippen molar-refractivity contribution in [3.8, 4) is 0 Å². The summed E-state index contributed by atoms with van der Waals surface area (Å²) in [4.78, 5) is 0. The lowest BCUT2D eigenvalue weighted by Gasteiger charge is -2.04. The maximum atomic E-state index is 8.78. The van der Waals surface area contributed by atoms with E-state index in [0.717, 1.165) is 44.2 Å². The Hall–Kier alpha value is -0.910. The molecule has 1 aromatic rings. The zero-order valence-electron chi connectivity index (χ0n) is 10.8. The van der Waals surface area contributed by atoms with Crippen molar-refractivity contribution in [2.45, 2.75) is 32.4 Å². The second-order valence-corrected chi connectivity index (χ2v) is 4.88. The van der Waals surface area contributed by atoms with Crippen LogP contribution in [0.1, 0.15) is 24.8 Å². The van der Waals surface area contributed by atoms with Crippen LogP contribution in [0.15, 0.2) is 12.4 Å². The quantitative estimate of drug-likeness (QED) is 0.605. The summed E-state index contributed by atoms with van der Waals surface area (Å²) >= 11 is 0. The lowest BCUT2D eigenvalue weighted by Crippen LogP contribution is -2.16. The van der Waals surface area contributed by atoms with Crippen LogP contribution >= 0.6 is 0 Å². The zero-order valence-corrected chi connectivity index (χ0v) is 10.8. The lowest BCUT2D eigenvalue weighted by molar-refractivity contribution is 0.122. The van der Waals surface area contributed by atoms with Gasteiger partial charge < -0.3 is 15.2 Å². The number of ether oxygens (including phenoxy) is 1. The largest absolute Gasteiger partial charge is 0.394 e. The summed E-state index contributed by atoms with van der Waals surface area (Å²) in [5, 5.41) is 16.3. The maximum Gasteiger partial charge on any atom is 0.0640 e. The fourth-order valence-electron chi connectivity index (χ4n) is 1.79. The third-order valence-electron chi connectivity index (χ3n) is 3.04. The first-order valence-electron chi connectivity index (χ1n) is 6.79. The van der Waals surface area contributed by atoms with E-state index >= 15 is 0 Å². The summed E-state index contributed by atoms with van der Waals surface area (Å²) in [6, 6.07) is 0. The Kier molecular flexibility index (Phi) is 5.64. The first-order chi connectivity index (χ1) is 8.88. The average Bonchev–Trinajstić information content (AvgIpc) is 3.09. The standard InChI is InChI=1S/C13H23N3O2/c17-6-5-16-10-13(9-15-16)8-14-4-1-7-18-11-12-2-3-12/h9-10,12,14,17H,1-8,11H2. The third kappa shape index (κ3) is 5.16. The average molecular weight is 253 g/mol. The van der Waals surface area contributed by atoms with Crippen molar-refractivity contribution in [2.75, 3.05) is 26.4 Å². The molecule has 1 fully saturated rings. The van der Waals surface area contributed by atoms with E-state index < -0.39 is 0 Å². The van der Waals surface area contributed by atoms with E-state index in [9.17, 15) is 0 Å². The van der Waals surface area contributed by atoms with E-state index in [1.165, 1.54) is 12.8 Å². The molecule has 1 saturated carbocycles. The van der Waals surface area contributed by atoms with Gasteiger partial charge in [-0.25, -0.2) is 0 Å². The molecule has 18 heavy (non-hydrogen) atoms. The Morgan fingerprint density at radius 3 is 3.17 bits per heavy atom. The minimum atomic E-state index is 0.132. The minimum Gasteiger partial charge on any atom is -0.394 e. The molecule has 0 aliphatic heterocycles. The van der Waals surface area contributed by atoms with Crippen LogP contribution in [0.2, 0.25) is 0 Å². The molecule has 0 saturated heterocycles. The molecule has 2 rings (SSSR count). The van der Waals surface area contributed by atoms with Gasteiger partial charge in [-0.1, -0.05) is 0 Å². The Bertz CT molecular complexity index is 337. The van der Waals surface area contributed by atoms with Gasteiger partial charge in [-0.2, -0.15) is 5.10 Å². The maximum absolute atomic E-state index is 8.78. The Morgan fingerprint density at radius 2 is 2.39 bits per heavy atom. The van der Waals surface area contributed by atoms with Gasteiger partial charge in [-0.15, -0.1) is 0 Å². The van der Waals surface area contributed by atoms with Crippen molar-refractivity contribution in [2.24, 2.45) is 5.92 Å². The van der Waals surface area contributed by atoms with Gasteiger partial charge >= 0.3 is 0 Å². The van der Waals surface area contributed by atoms with Crippen LogP contribution in [0.3, 0.4) is 0 Å². The molecule has 1 aromatic heterocycles. The van der Waals surface area contributed by atoms with Gasteiger partial charge in [0.2, 0.25) is 0 Å². The van der Waals surface area contributed by atoms with Crippen molar-refractivity contribution in [1.82, 2.24) is 15.1 Å². The van der Waals surface area contributed by atoms with Crippen LogP contribution in [0.4, 0.5) is 0 Å². The number of nitrogens with one attached hydrogen (secondary N) is 1. The molecular weight excluding hydrogens is 230 g/mol. The Labute approximate surface area is 108 Å². The Balaban J connectivity index is 1.46. The minimum absolute atomic E-state index is 0.132. The molecule has 0 aromatic carbocycles. The highest BCUT2D eigenvalue weighted by atomic mass is 16.5. The number of aliphatic hydroxyl groups excluding tert-OH is 1. The summed E-state index contributed by atoms with van der Waals surface area (Å²) in [6.07, 6.45) is 7.57. The number of aliphatic hydroxyl groups is 1. The number of nitrogens with zero attached hydrogens (tertiary/aromatic N) is 2. The molecule has 5 nitrogen and oxygen atoms in total. The summed E-state index contributed by atoms with van der Waals surface area (Å²) in [5.74, 6) is 0.857. The second-order valence-electron chi connectivity index (χ2n) is 4.88. The van der Waals surface area contributed by atoms with E-state index in [1.54, 1.807) is 4.68 Å². The van der Waals surface area contributed by atoms with Gasteiger partial charge in [0.25, 0.3) is 0 Å². The van der Waals surface area contributed by atoms with E-state index in [0.29, 0.717) is 6.54 Å². The Morgan fingerprint density at radius 1 is 1.50 bits per heavy atom. The molecule has 1 aliphatic rings. The van der Waals surface area contributed by atoms with Crippen molar-refractivity contribution in [3.63, 3.8) is 0 Å².